The van der Waals surface area contributed by atoms with Gasteiger partial charge in [0.25, 0.3) is 0 Å². The van der Waals surface area contributed by atoms with Gasteiger partial charge in [0.2, 0.25) is 0 Å². The summed E-state index contributed by atoms with van der Waals surface area (Å²) in [5, 5.41) is 0. The van der Waals surface area contributed by atoms with Gasteiger partial charge in [-0.25, -0.2) is 0 Å². The Kier molecular flexibility index (Phi) is 5.79. The SMILES string of the molecule is CCCN1CCN(c2ccc(C(C)C)c(OC(F)(F)F)c2)CC1. The lowest BCUT2D eigenvalue weighted by Crippen LogP contribution is -2.46. The minimum Gasteiger partial charge on any atom is -0.405 e. The van der Waals surface area contributed by atoms with Crippen LogP contribution in [0.25, 0.3) is 0 Å². The van der Waals surface area contributed by atoms with E-state index in [0.717, 1.165) is 44.8 Å². The Hall–Kier alpha value is -1.43. The summed E-state index contributed by atoms with van der Waals surface area (Å²) in [6, 6.07) is 5.17. The van der Waals surface area contributed by atoms with Crippen molar-refractivity contribution in [3.05, 3.63) is 23.8 Å². The van der Waals surface area contributed by atoms with Gasteiger partial charge in [0.05, 0.1) is 0 Å². The van der Waals surface area contributed by atoms with Gasteiger partial charge in [-0.2, -0.15) is 0 Å². The van der Waals surface area contributed by atoms with Crippen LogP contribution in [0.1, 0.15) is 38.7 Å². The largest absolute Gasteiger partial charge is 0.573 e. The quantitative estimate of drug-likeness (QED) is 0.803. The number of anilines is 1. The van der Waals surface area contributed by atoms with Gasteiger partial charge in [-0.05, 0) is 30.5 Å². The van der Waals surface area contributed by atoms with E-state index in [2.05, 4.69) is 21.5 Å². The molecule has 0 radical (unpaired) electrons. The first kappa shape index (κ1) is 17.9. The first-order valence-electron chi connectivity index (χ1n) is 8.17. The molecule has 1 aliphatic rings. The number of hydrogen-bond donors (Lipinski definition) is 0. The van der Waals surface area contributed by atoms with Crippen molar-refractivity contribution in [2.24, 2.45) is 0 Å². The number of piperazine rings is 1. The summed E-state index contributed by atoms with van der Waals surface area (Å²) in [7, 11) is 0. The van der Waals surface area contributed by atoms with Gasteiger partial charge in [-0.3, -0.25) is 4.90 Å². The van der Waals surface area contributed by atoms with Crippen LogP contribution < -0.4 is 9.64 Å². The molecule has 0 spiro atoms. The van der Waals surface area contributed by atoms with Gasteiger partial charge in [0.1, 0.15) is 5.75 Å². The lowest BCUT2D eigenvalue weighted by molar-refractivity contribution is -0.274. The zero-order valence-corrected chi connectivity index (χ0v) is 14.0. The van der Waals surface area contributed by atoms with E-state index in [9.17, 15) is 13.2 Å². The molecule has 1 saturated heterocycles. The molecule has 0 aromatic heterocycles. The van der Waals surface area contributed by atoms with Crippen LogP contribution >= 0.6 is 0 Å². The van der Waals surface area contributed by atoms with Gasteiger partial charge in [0, 0.05) is 37.9 Å². The smallest absolute Gasteiger partial charge is 0.405 e. The molecule has 6 heteroatoms. The first-order valence-corrected chi connectivity index (χ1v) is 8.17. The lowest BCUT2D eigenvalue weighted by Gasteiger charge is -2.36. The van der Waals surface area contributed by atoms with Crippen LogP contribution in [-0.4, -0.2) is 44.0 Å². The minimum absolute atomic E-state index is 0.0252. The number of ether oxygens (including phenoxy) is 1. The van der Waals surface area contributed by atoms with Gasteiger partial charge >= 0.3 is 6.36 Å². The molecule has 0 N–H and O–H groups in total. The molecule has 2 rings (SSSR count). The van der Waals surface area contributed by atoms with Crippen molar-refractivity contribution in [1.82, 2.24) is 4.90 Å². The van der Waals surface area contributed by atoms with Crippen LogP contribution in [0, 0.1) is 0 Å². The van der Waals surface area contributed by atoms with E-state index in [1.165, 1.54) is 6.07 Å². The maximum atomic E-state index is 12.7. The third kappa shape index (κ3) is 5.03. The normalized spacial score (nSPS) is 16.9. The summed E-state index contributed by atoms with van der Waals surface area (Å²) < 4.78 is 42.2. The van der Waals surface area contributed by atoms with Crippen molar-refractivity contribution in [2.75, 3.05) is 37.6 Å². The highest BCUT2D eigenvalue weighted by atomic mass is 19.4. The molecule has 1 aromatic carbocycles. The van der Waals surface area contributed by atoms with E-state index < -0.39 is 6.36 Å². The molecule has 0 saturated carbocycles. The van der Waals surface area contributed by atoms with E-state index in [0.29, 0.717) is 5.56 Å². The van der Waals surface area contributed by atoms with Crippen molar-refractivity contribution in [2.45, 2.75) is 39.5 Å². The maximum absolute atomic E-state index is 12.7. The average Bonchev–Trinajstić information content (AvgIpc) is 2.46. The molecule has 0 unspecified atom stereocenters. The average molecular weight is 330 g/mol. The van der Waals surface area contributed by atoms with Crippen molar-refractivity contribution in [1.29, 1.82) is 0 Å². The number of rotatable bonds is 5. The van der Waals surface area contributed by atoms with Crippen LogP contribution in [-0.2, 0) is 0 Å². The molecule has 0 amide bonds. The fourth-order valence-electron chi connectivity index (χ4n) is 2.96. The predicted molar refractivity (Wildman–Crippen MR) is 86.2 cm³/mol. The Morgan fingerprint density at radius 1 is 1.13 bits per heavy atom. The second kappa shape index (κ2) is 7.43. The van der Waals surface area contributed by atoms with Crippen LogP contribution in [0.2, 0.25) is 0 Å². The first-order chi connectivity index (χ1) is 10.8. The van der Waals surface area contributed by atoms with Gasteiger partial charge < -0.3 is 9.64 Å². The standard InChI is InChI=1S/C17H25F3N2O/c1-4-7-21-8-10-22(11-9-21)14-5-6-15(13(2)3)16(12-14)23-17(18,19)20/h5-6,12-13H,4,7-11H2,1-3H3. The number of benzene rings is 1. The second-order valence-electron chi connectivity index (χ2n) is 6.25. The predicted octanol–water partition coefficient (Wildman–Crippen LogP) is 4.24. The Bertz CT molecular complexity index is 509. The number of halogens is 3. The molecule has 1 fully saturated rings. The Labute approximate surface area is 136 Å². The van der Waals surface area contributed by atoms with E-state index in [1.54, 1.807) is 6.07 Å². The molecule has 23 heavy (non-hydrogen) atoms. The summed E-state index contributed by atoms with van der Waals surface area (Å²) in [5.41, 5.74) is 1.38. The van der Waals surface area contributed by atoms with Crippen molar-refractivity contribution in [3.63, 3.8) is 0 Å². The summed E-state index contributed by atoms with van der Waals surface area (Å²) in [4.78, 5) is 4.51. The Balaban J connectivity index is 2.16. The van der Waals surface area contributed by atoms with E-state index in [-0.39, 0.29) is 11.7 Å². The summed E-state index contributed by atoms with van der Waals surface area (Å²) >= 11 is 0. The van der Waals surface area contributed by atoms with Crippen LogP contribution in [0.4, 0.5) is 18.9 Å². The molecule has 1 aliphatic heterocycles. The zero-order valence-electron chi connectivity index (χ0n) is 14.0. The van der Waals surface area contributed by atoms with Crippen LogP contribution in [0.3, 0.4) is 0 Å². The number of hydrogen-bond acceptors (Lipinski definition) is 3. The van der Waals surface area contributed by atoms with Gasteiger partial charge in [-0.15, -0.1) is 13.2 Å². The fraction of sp³-hybridized carbons (Fsp3) is 0.647. The minimum atomic E-state index is -4.66. The highest BCUT2D eigenvalue weighted by Gasteiger charge is 2.32. The molecule has 0 bridgehead atoms. The molecular formula is C17H25F3N2O. The van der Waals surface area contributed by atoms with Crippen molar-refractivity contribution in [3.8, 4) is 5.75 Å². The highest BCUT2D eigenvalue weighted by Crippen LogP contribution is 2.34. The van der Waals surface area contributed by atoms with Crippen molar-refractivity contribution < 1.29 is 17.9 Å². The lowest BCUT2D eigenvalue weighted by atomic mass is 10.0. The molecule has 0 atom stereocenters. The zero-order chi connectivity index (χ0) is 17.0. The fourth-order valence-corrected chi connectivity index (χ4v) is 2.96. The van der Waals surface area contributed by atoms with Crippen molar-refractivity contribution >= 4 is 5.69 Å². The van der Waals surface area contributed by atoms with Crippen LogP contribution in [0.15, 0.2) is 18.2 Å². The molecule has 1 heterocycles. The molecule has 130 valence electrons. The second-order valence-corrected chi connectivity index (χ2v) is 6.25. The topological polar surface area (TPSA) is 15.7 Å². The summed E-state index contributed by atoms with van der Waals surface area (Å²) in [6.07, 6.45) is -3.55. The Morgan fingerprint density at radius 2 is 1.78 bits per heavy atom. The molecule has 3 nitrogen and oxygen atoms in total. The summed E-state index contributed by atoms with van der Waals surface area (Å²) in [6.45, 7) is 10.5. The Morgan fingerprint density at radius 3 is 2.30 bits per heavy atom. The van der Waals surface area contributed by atoms with Gasteiger partial charge in [0.15, 0.2) is 0 Å². The molecular weight excluding hydrogens is 305 g/mol. The monoisotopic (exact) mass is 330 g/mol. The third-order valence-corrected chi connectivity index (χ3v) is 4.12. The summed E-state index contributed by atoms with van der Waals surface area (Å²) in [5.74, 6) is -0.108. The van der Waals surface area contributed by atoms with E-state index >= 15 is 0 Å². The van der Waals surface area contributed by atoms with E-state index in [1.807, 2.05) is 19.9 Å². The number of alkyl halides is 3. The molecule has 1 aromatic rings. The number of nitrogens with zero attached hydrogens (tertiary/aromatic N) is 2. The van der Waals surface area contributed by atoms with Gasteiger partial charge in [-0.1, -0.05) is 26.8 Å². The van der Waals surface area contributed by atoms with E-state index in [4.69, 9.17) is 0 Å². The van der Waals surface area contributed by atoms with Crippen LogP contribution in [0.5, 0.6) is 5.75 Å². The highest BCUT2D eigenvalue weighted by molar-refractivity contribution is 5.55. The molecule has 0 aliphatic carbocycles. The maximum Gasteiger partial charge on any atom is 0.573 e. The third-order valence-electron chi connectivity index (χ3n) is 4.12.